The molecule has 1 amide bonds. The number of carbonyl (C=O) groups is 1. The lowest BCUT2D eigenvalue weighted by Gasteiger charge is -2.23. The highest BCUT2D eigenvalue weighted by Gasteiger charge is 2.22. The summed E-state index contributed by atoms with van der Waals surface area (Å²) in [7, 11) is 0. The second-order valence-corrected chi connectivity index (χ2v) is 5.78. The zero-order chi connectivity index (χ0) is 13.8. The molecule has 0 bridgehead atoms. The third-order valence-corrected chi connectivity index (χ3v) is 4.15. The Balaban J connectivity index is 0.00000161. The van der Waals surface area contributed by atoms with E-state index < -0.39 is 0 Å². The third-order valence-electron chi connectivity index (χ3n) is 4.15. The number of halogens is 1. The zero-order valence-electron chi connectivity index (χ0n) is 12.1. The lowest BCUT2D eigenvalue weighted by atomic mass is 10.1. The Morgan fingerprint density at radius 3 is 2.62 bits per heavy atom. The lowest BCUT2D eigenvalue weighted by molar-refractivity contribution is -0.122. The normalized spacial score (nSPS) is 21.4. The molecule has 1 atom stereocenters. The quantitative estimate of drug-likeness (QED) is 0.882. The molecule has 0 spiro atoms. The van der Waals surface area contributed by atoms with Crippen molar-refractivity contribution in [1.82, 2.24) is 10.6 Å². The van der Waals surface area contributed by atoms with Crippen LogP contribution < -0.4 is 10.6 Å². The minimum atomic E-state index is 0. The van der Waals surface area contributed by atoms with Gasteiger partial charge in [0.1, 0.15) is 0 Å². The largest absolute Gasteiger partial charge is 0.378 e. The maximum Gasteiger partial charge on any atom is 0.221 e. The van der Waals surface area contributed by atoms with Crippen LogP contribution in [0.4, 0.5) is 0 Å². The van der Waals surface area contributed by atoms with Crippen LogP contribution in [0, 0.1) is 5.92 Å². The van der Waals surface area contributed by atoms with Gasteiger partial charge in [-0.2, -0.15) is 0 Å². The van der Waals surface area contributed by atoms with E-state index >= 15 is 0 Å². The summed E-state index contributed by atoms with van der Waals surface area (Å²) >= 11 is 0. The highest BCUT2D eigenvalue weighted by molar-refractivity contribution is 5.85. The van der Waals surface area contributed by atoms with Crippen LogP contribution in [0.5, 0.6) is 0 Å². The maximum absolute atomic E-state index is 11.9. The predicted octanol–water partition coefficient (Wildman–Crippen LogP) is 1.32. The van der Waals surface area contributed by atoms with Crippen LogP contribution in [0.3, 0.4) is 0 Å². The Labute approximate surface area is 132 Å². The molecule has 21 heavy (non-hydrogen) atoms. The van der Waals surface area contributed by atoms with Crippen molar-refractivity contribution in [3.8, 4) is 0 Å². The van der Waals surface area contributed by atoms with Crippen LogP contribution in [-0.2, 0) is 22.4 Å². The van der Waals surface area contributed by atoms with Crippen LogP contribution in [0.1, 0.15) is 17.5 Å². The number of morpholine rings is 1. The van der Waals surface area contributed by atoms with Crippen molar-refractivity contribution < 1.29 is 9.53 Å². The Morgan fingerprint density at radius 1 is 1.29 bits per heavy atom. The van der Waals surface area contributed by atoms with Crippen molar-refractivity contribution in [2.24, 2.45) is 5.92 Å². The van der Waals surface area contributed by atoms with Gasteiger partial charge >= 0.3 is 0 Å². The second-order valence-electron chi connectivity index (χ2n) is 5.78. The fraction of sp³-hybridized carbons (Fsp3) is 0.562. The first kappa shape index (κ1) is 16.3. The van der Waals surface area contributed by atoms with E-state index in [9.17, 15) is 4.79 Å². The topological polar surface area (TPSA) is 50.4 Å². The van der Waals surface area contributed by atoms with Crippen LogP contribution in [-0.4, -0.2) is 38.3 Å². The summed E-state index contributed by atoms with van der Waals surface area (Å²) in [5, 5.41) is 6.38. The summed E-state index contributed by atoms with van der Waals surface area (Å²) in [6, 6.07) is 8.74. The highest BCUT2D eigenvalue weighted by atomic mass is 35.5. The molecule has 1 fully saturated rings. The van der Waals surface area contributed by atoms with E-state index in [2.05, 4.69) is 34.9 Å². The summed E-state index contributed by atoms with van der Waals surface area (Å²) in [4.78, 5) is 11.9. The minimum absolute atomic E-state index is 0. The average molecular weight is 311 g/mol. The SMILES string of the molecule is Cl.O=C(CC1COCCN1)NCC1Cc2ccccc2C1. The van der Waals surface area contributed by atoms with E-state index in [1.165, 1.54) is 11.1 Å². The van der Waals surface area contributed by atoms with Gasteiger partial charge in [0.2, 0.25) is 5.91 Å². The van der Waals surface area contributed by atoms with Crippen LogP contribution in [0.2, 0.25) is 0 Å². The van der Waals surface area contributed by atoms with Crippen molar-refractivity contribution in [2.75, 3.05) is 26.3 Å². The molecule has 1 aliphatic carbocycles. The molecule has 1 unspecified atom stereocenters. The number of rotatable bonds is 4. The molecule has 1 aliphatic heterocycles. The molecular weight excluding hydrogens is 288 g/mol. The first-order chi connectivity index (χ1) is 9.81. The number of fused-ring (bicyclic) bond motifs is 1. The Kier molecular flexibility index (Phi) is 6.03. The molecule has 2 aliphatic rings. The molecule has 1 saturated heterocycles. The van der Waals surface area contributed by atoms with E-state index in [0.717, 1.165) is 32.5 Å². The molecule has 0 radical (unpaired) electrons. The molecule has 1 aromatic rings. The fourth-order valence-electron chi connectivity index (χ4n) is 3.10. The standard InChI is InChI=1S/C16H22N2O2.ClH/c19-16(9-15-11-20-6-5-17-15)18-10-12-7-13-3-1-2-4-14(13)8-12;/h1-4,12,15,17H,5-11H2,(H,18,19);1H. The minimum Gasteiger partial charge on any atom is -0.378 e. The van der Waals surface area contributed by atoms with Gasteiger partial charge in [-0.3, -0.25) is 4.79 Å². The van der Waals surface area contributed by atoms with E-state index in [1.807, 2.05) is 0 Å². The zero-order valence-corrected chi connectivity index (χ0v) is 13.0. The predicted molar refractivity (Wildman–Crippen MR) is 84.8 cm³/mol. The van der Waals surface area contributed by atoms with Gasteiger partial charge in [0.05, 0.1) is 13.2 Å². The number of amides is 1. The van der Waals surface area contributed by atoms with Gasteiger partial charge in [0.25, 0.3) is 0 Å². The van der Waals surface area contributed by atoms with E-state index in [1.54, 1.807) is 0 Å². The van der Waals surface area contributed by atoms with Crippen molar-refractivity contribution in [3.63, 3.8) is 0 Å². The maximum atomic E-state index is 11.9. The van der Waals surface area contributed by atoms with Crippen molar-refractivity contribution in [1.29, 1.82) is 0 Å². The lowest BCUT2D eigenvalue weighted by Crippen LogP contribution is -2.44. The van der Waals surface area contributed by atoms with Gasteiger partial charge in [-0.05, 0) is 29.9 Å². The third kappa shape index (κ3) is 4.43. The Hall–Kier alpha value is -1.10. The van der Waals surface area contributed by atoms with Gasteiger partial charge < -0.3 is 15.4 Å². The van der Waals surface area contributed by atoms with Gasteiger partial charge in [-0.1, -0.05) is 24.3 Å². The van der Waals surface area contributed by atoms with Gasteiger partial charge in [-0.25, -0.2) is 0 Å². The smallest absolute Gasteiger partial charge is 0.221 e. The van der Waals surface area contributed by atoms with Gasteiger partial charge in [0.15, 0.2) is 0 Å². The molecule has 1 aromatic carbocycles. The van der Waals surface area contributed by atoms with Crippen LogP contribution in [0.15, 0.2) is 24.3 Å². The highest BCUT2D eigenvalue weighted by Crippen LogP contribution is 2.25. The molecule has 116 valence electrons. The van der Waals surface area contributed by atoms with Gasteiger partial charge in [-0.15, -0.1) is 12.4 Å². The summed E-state index contributed by atoms with van der Waals surface area (Å²) < 4.78 is 5.36. The van der Waals surface area contributed by atoms with Crippen molar-refractivity contribution >= 4 is 18.3 Å². The van der Waals surface area contributed by atoms with E-state index in [-0.39, 0.29) is 24.4 Å². The number of hydrogen-bond donors (Lipinski definition) is 2. The number of ether oxygens (including phenoxy) is 1. The van der Waals surface area contributed by atoms with E-state index in [0.29, 0.717) is 18.9 Å². The summed E-state index contributed by atoms with van der Waals surface area (Å²) in [5.74, 6) is 0.677. The summed E-state index contributed by atoms with van der Waals surface area (Å²) in [6.07, 6.45) is 2.68. The fourth-order valence-corrected chi connectivity index (χ4v) is 3.10. The monoisotopic (exact) mass is 310 g/mol. The molecule has 3 rings (SSSR count). The Bertz CT molecular complexity index is 450. The second kappa shape index (κ2) is 7.78. The summed E-state index contributed by atoms with van der Waals surface area (Å²) in [5.41, 5.74) is 2.88. The molecule has 0 aromatic heterocycles. The molecule has 4 nitrogen and oxygen atoms in total. The number of carbonyl (C=O) groups excluding carboxylic acids is 1. The van der Waals surface area contributed by atoms with E-state index in [4.69, 9.17) is 4.74 Å². The molecule has 2 N–H and O–H groups in total. The van der Waals surface area contributed by atoms with Crippen LogP contribution in [0.25, 0.3) is 0 Å². The molecular formula is C16H23ClN2O2. The first-order valence-corrected chi connectivity index (χ1v) is 7.46. The number of nitrogens with one attached hydrogen (secondary N) is 2. The number of benzene rings is 1. The first-order valence-electron chi connectivity index (χ1n) is 7.46. The summed E-state index contributed by atoms with van der Waals surface area (Å²) in [6.45, 7) is 3.01. The van der Waals surface area contributed by atoms with Crippen molar-refractivity contribution in [3.05, 3.63) is 35.4 Å². The van der Waals surface area contributed by atoms with Crippen molar-refractivity contribution in [2.45, 2.75) is 25.3 Å². The molecule has 5 heteroatoms. The molecule has 0 saturated carbocycles. The average Bonchev–Trinajstić information content (AvgIpc) is 2.89. The van der Waals surface area contributed by atoms with Gasteiger partial charge in [0, 0.05) is 25.6 Å². The van der Waals surface area contributed by atoms with Crippen LogP contribution >= 0.6 is 12.4 Å². The Morgan fingerprint density at radius 2 is 2.00 bits per heavy atom. The number of hydrogen-bond acceptors (Lipinski definition) is 3. The molecule has 1 heterocycles.